The van der Waals surface area contributed by atoms with Gasteiger partial charge in [0.15, 0.2) is 0 Å². The molecule has 2 aromatic carbocycles. The van der Waals surface area contributed by atoms with Gasteiger partial charge in [-0.1, -0.05) is 23.7 Å². The van der Waals surface area contributed by atoms with E-state index in [9.17, 15) is 13.6 Å². The van der Waals surface area contributed by atoms with Crippen molar-refractivity contribution in [3.8, 4) is 0 Å². The Balaban J connectivity index is 2.08. The Morgan fingerprint density at radius 1 is 1.19 bits per heavy atom. The van der Waals surface area contributed by atoms with E-state index in [0.29, 0.717) is 5.69 Å². The van der Waals surface area contributed by atoms with E-state index in [2.05, 4.69) is 0 Å². The molecule has 21 heavy (non-hydrogen) atoms. The van der Waals surface area contributed by atoms with Crippen LogP contribution in [0, 0.1) is 11.6 Å². The second-order valence-corrected chi connectivity index (χ2v) is 6.02. The molecule has 108 valence electrons. The molecule has 6 heteroatoms. The summed E-state index contributed by atoms with van der Waals surface area (Å²) in [6, 6.07) is 10.1. The standard InChI is InChI=1S/C15H10ClF2NOS/c16-11-5-2-6-12(18)14(11)15-19(13(20)8-21-15)10-4-1-3-9(17)7-10/h1-7,15H,8H2/t15-/m1/s1. The van der Waals surface area contributed by atoms with Gasteiger partial charge < -0.3 is 0 Å². The number of hydrogen-bond acceptors (Lipinski definition) is 2. The number of benzene rings is 2. The van der Waals surface area contributed by atoms with Crippen molar-refractivity contribution in [3.05, 3.63) is 64.7 Å². The van der Waals surface area contributed by atoms with Gasteiger partial charge in [-0.15, -0.1) is 11.8 Å². The van der Waals surface area contributed by atoms with Crippen LogP contribution < -0.4 is 4.90 Å². The van der Waals surface area contributed by atoms with Crippen LogP contribution in [0.1, 0.15) is 10.9 Å². The maximum atomic E-state index is 14.1. The van der Waals surface area contributed by atoms with Crippen LogP contribution in [0.15, 0.2) is 42.5 Å². The van der Waals surface area contributed by atoms with Crippen LogP contribution in [0.2, 0.25) is 5.02 Å². The van der Waals surface area contributed by atoms with E-state index in [1.54, 1.807) is 12.1 Å². The van der Waals surface area contributed by atoms with Crippen molar-refractivity contribution >= 4 is 35.0 Å². The zero-order valence-electron chi connectivity index (χ0n) is 10.7. The molecule has 0 unspecified atom stereocenters. The quantitative estimate of drug-likeness (QED) is 0.816. The molecule has 1 fully saturated rings. The summed E-state index contributed by atoms with van der Waals surface area (Å²) in [4.78, 5) is 13.5. The Hall–Kier alpha value is -1.59. The summed E-state index contributed by atoms with van der Waals surface area (Å²) >= 11 is 7.35. The molecule has 0 aliphatic carbocycles. The smallest absolute Gasteiger partial charge is 0.238 e. The van der Waals surface area contributed by atoms with Crippen LogP contribution in [0.4, 0.5) is 14.5 Å². The Kier molecular flexibility index (Phi) is 3.87. The molecular formula is C15H10ClF2NOS. The van der Waals surface area contributed by atoms with E-state index in [-0.39, 0.29) is 22.2 Å². The van der Waals surface area contributed by atoms with Gasteiger partial charge in [0.2, 0.25) is 5.91 Å². The lowest BCUT2D eigenvalue weighted by Gasteiger charge is -2.25. The Bertz CT molecular complexity index is 690. The number of thioether (sulfide) groups is 1. The lowest BCUT2D eigenvalue weighted by atomic mass is 10.1. The molecule has 0 saturated carbocycles. The normalized spacial score (nSPS) is 18.3. The zero-order chi connectivity index (χ0) is 15.0. The maximum Gasteiger partial charge on any atom is 0.238 e. The first-order valence-corrected chi connectivity index (χ1v) is 7.64. The lowest BCUT2D eigenvalue weighted by molar-refractivity contribution is -0.115. The Morgan fingerprint density at radius 3 is 2.67 bits per heavy atom. The minimum Gasteiger partial charge on any atom is -0.295 e. The molecule has 1 heterocycles. The maximum absolute atomic E-state index is 14.1. The van der Waals surface area contributed by atoms with Crippen molar-refractivity contribution in [3.63, 3.8) is 0 Å². The third-order valence-corrected chi connectivity index (χ3v) is 4.71. The molecule has 1 atom stereocenters. The van der Waals surface area contributed by atoms with Crippen LogP contribution >= 0.6 is 23.4 Å². The fourth-order valence-corrected chi connectivity index (χ4v) is 3.85. The van der Waals surface area contributed by atoms with E-state index >= 15 is 0 Å². The predicted molar refractivity (Wildman–Crippen MR) is 80.5 cm³/mol. The first-order valence-electron chi connectivity index (χ1n) is 6.21. The number of halogens is 3. The Morgan fingerprint density at radius 2 is 1.95 bits per heavy atom. The molecular weight excluding hydrogens is 316 g/mol. The molecule has 1 aliphatic heterocycles. The number of hydrogen-bond donors (Lipinski definition) is 0. The lowest BCUT2D eigenvalue weighted by Crippen LogP contribution is -2.28. The van der Waals surface area contributed by atoms with E-state index in [1.165, 1.54) is 47.0 Å². The van der Waals surface area contributed by atoms with Crippen molar-refractivity contribution in [1.29, 1.82) is 0 Å². The van der Waals surface area contributed by atoms with Crippen molar-refractivity contribution in [2.75, 3.05) is 10.7 Å². The highest BCUT2D eigenvalue weighted by Gasteiger charge is 2.36. The predicted octanol–water partition coefficient (Wildman–Crippen LogP) is 4.40. The molecule has 3 rings (SSSR count). The number of amides is 1. The fourth-order valence-electron chi connectivity index (χ4n) is 2.29. The number of anilines is 1. The molecule has 1 aliphatic rings. The van der Waals surface area contributed by atoms with Crippen LogP contribution in [0.3, 0.4) is 0 Å². The van der Waals surface area contributed by atoms with E-state index in [0.717, 1.165) is 0 Å². The van der Waals surface area contributed by atoms with Crippen LogP contribution in [-0.4, -0.2) is 11.7 Å². The number of carbonyl (C=O) groups is 1. The molecule has 2 nitrogen and oxygen atoms in total. The van der Waals surface area contributed by atoms with Gasteiger partial charge in [0.1, 0.15) is 17.0 Å². The SMILES string of the molecule is O=C1CS[C@H](c2c(F)cccc2Cl)N1c1cccc(F)c1. The van der Waals surface area contributed by atoms with Crippen molar-refractivity contribution in [1.82, 2.24) is 0 Å². The molecule has 1 saturated heterocycles. The summed E-state index contributed by atoms with van der Waals surface area (Å²) < 4.78 is 27.5. The van der Waals surface area contributed by atoms with Crippen molar-refractivity contribution < 1.29 is 13.6 Å². The molecule has 0 spiro atoms. The van der Waals surface area contributed by atoms with Crippen LogP contribution in [-0.2, 0) is 4.79 Å². The fraction of sp³-hybridized carbons (Fsp3) is 0.133. The molecule has 2 aromatic rings. The summed E-state index contributed by atoms with van der Waals surface area (Å²) in [5.74, 6) is -0.923. The average molecular weight is 326 g/mol. The minimum absolute atomic E-state index is 0.199. The van der Waals surface area contributed by atoms with E-state index < -0.39 is 17.0 Å². The van der Waals surface area contributed by atoms with Crippen molar-refractivity contribution in [2.45, 2.75) is 5.37 Å². The average Bonchev–Trinajstić information content (AvgIpc) is 2.80. The highest BCUT2D eigenvalue weighted by molar-refractivity contribution is 8.00. The molecule has 0 bridgehead atoms. The van der Waals surface area contributed by atoms with Gasteiger partial charge in [-0.2, -0.15) is 0 Å². The van der Waals surface area contributed by atoms with Gasteiger partial charge in [0.05, 0.1) is 5.75 Å². The van der Waals surface area contributed by atoms with Crippen LogP contribution in [0.5, 0.6) is 0 Å². The summed E-state index contributed by atoms with van der Waals surface area (Å²) in [5.41, 5.74) is 0.647. The third-order valence-electron chi connectivity index (χ3n) is 3.20. The van der Waals surface area contributed by atoms with Gasteiger partial charge in [-0.25, -0.2) is 8.78 Å². The number of nitrogens with zero attached hydrogens (tertiary/aromatic N) is 1. The highest BCUT2D eigenvalue weighted by Crippen LogP contribution is 2.44. The molecule has 0 radical (unpaired) electrons. The monoisotopic (exact) mass is 325 g/mol. The second kappa shape index (κ2) is 5.66. The van der Waals surface area contributed by atoms with Gasteiger partial charge in [-0.3, -0.25) is 9.69 Å². The molecule has 0 aromatic heterocycles. The zero-order valence-corrected chi connectivity index (χ0v) is 12.3. The molecule has 0 N–H and O–H groups in total. The van der Waals surface area contributed by atoms with Crippen LogP contribution in [0.25, 0.3) is 0 Å². The number of rotatable bonds is 2. The molecule has 1 amide bonds. The second-order valence-electron chi connectivity index (χ2n) is 4.54. The van der Waals surface area contributed by atoms with Gasteiger partial charge >= 0.3 is 0 Å². The summed E-state index contributed by atoms with van der Waals surface area (Å²) in [7, 11) is 0. The number of carbonyl (C=O) groups excluding carboxylic acids is 1. The summed E-state index contributed by atoms with van der Waals surface area (Å²) in [6.45, 7) is 0. The van der Waals surface area contributed by atoms with Gasteiger partial charge in [-0.05, 0) is 30.3 Å². The summed E-state index contributed by atoms with van der Waals surface area (Å²) in [5, 5.41) is -0.336. The first kappa shape index (κ1) is 14.4. The topological polar surface area (TPSA) is 20.3 Å². The third kappa shape index (κ3) is 2.63. The van der Waals surface area contributed by atoms with Gasteiger partial charge in [0, 0.05) is 16.3 Å². The first-order chi connectivity index (χ1) is 10.1. The van der Waals surface area contributed by atoms with Crippen molar-refractivity contribution in [2.24, 2.45) is 0 Å². The van der Waals surface area contributed by atoms with E-state index in [1.807, 2.05) is 0 Å². The van der Waals surface area contributed by atoms with E-state index in [4.69, 9.17) is 11.6 Å². The minimum atomic E-state index is -0.590. The Labute approximate surface area is 129 Å². The summed E-state index contributed by atoms with van der Waals surface area (Å²) in [6.07, 6.45) is 0. The highest BCUT2D eigenvalue weighted by atomic mass is 35.5. The van der Waals surface area contributed by atoms with Gasteiger partial charge in [0.25, 0.3) is 0 Å². The largest absolute Gasteiger partial charge is 0.295 e.